The van der Waals surface area contributed by atoms with Crippen LogP contribution in [-0.4, -0.2) is 115 Å². The summed E-state index contributed by atoms with van der Waals surface area (Å²) >= 11 is 0. The molecule has 0 radical (unpaired) electrons. The SMILES string of the molecule is CN(CC(=O)NCCCCC(NC(=O)CNC(=O)C(F)(F)F)C(=O)ON1C(=O)CC(S(=O)(=O)O)C1=O)C(=O)C(F)(F)F. The van der Waals surface area contributed by atoms with Crippen molar-refractivity contribution in [3.8, 4) is 0 Å². The number of hydroxylamine groups is 2. The summed E-state index contributed by atoms with van der Waals surface area (Å²) in [5.74, 6) is -11.8. The molecule has 1 saturated heterocycles. The molecular formula is C19H23F6N5O11S. The van der Waals surface area contributed by atoms with E-state index in [4.69, 9.17) is 4.55 Å². The van der Waals surface area contributed by atoms with Gasteiger partial charge in [0.05, 0.1) is 19.5 Å². The van der Waals surface area contributed by atoms with Crippen LogP contribution in [0.15, 0.2) is 0 Å². The Balaban J connectivity index is 2.80. The van der Waals surface area contributed by atoms with Gasteiger partial charge in [-0.3, -0.25) is 33.3 Å². The molecule has 1 aliphatic heterocycles. The molecule has 0 aromatic heterocycles. The highest BCUT2D eigenvalue weighted by Crippen LogP contribution is 2.21. The number of imide groups is 1. The largest absolute Gasteiger partial charge is 0.471 e. The quantitative estimate of drug-likeness (QED) is 0.0738. The number of amides is 6. The number of hydrogen-bond acceptors (Lipinski definition) is 10. The molecule has 0 spiro atoms. The molecule has 0 aromatic carbocycles. The highest BCUT2D eigenvalue weighted by molar-refractivity contribution is 7.87. The van der Waals surface area contributed by atoms with Gasteiger partial charge in [0.1, 0.15) is 6.04 Å². The van der Waals surface area contributed by atoms with E-state index in [1.807, 2.05) is 5.32 Å². The number of hydrogen-bond donors (Lipinski definition) is 4. The monoisotopic (exact) mass is 643 g/mol. The van der Waals surface area contributed by atoms with Gasteiger partial charge in [0.2, 0.25) is 11.8 Å². The molecule has 0 aliphatic carbocycles. The Labute approximate surface area is 231 Å². The molecule has 1 fully saturated rings. The summed E-state index contributed by atoms with van der Waals surface area (Å²) < 4.78 is 106. The van der Waals surface area contributed by atoms with E-state index in [0.29, 0.717) is 0 Å². The van der Waals surface area contributed by atoms with Crippen LogP contribution in [0.25, 0.3) is 0 Å². The lowest BCUT2D eigenvalue weighted by Crippen LogP contribution is -2.49. The highest BCUT2D eigenvalue weighted by atomic mass is 32.2. The molecule has 238 valence electrons. The van der Waals surface area contributed by atoms with Gasteiger partial charge in [0.15, 0.2) is 5.25 Å². The number of nitrogens with one attached hydrogen (secondary N) is 3. The van der Waals surface area contributed by atoms with Gasteiger partial charge in [0, 0.05) is 13.6 Å². The summed E-state index contributed by atoms with van der Waals surface area (Å²) in [7, 11) is -4.36. The van der Waals surface area contributed by atoms with E-state index >= 15 is 0 Å². The van der Waals surface area contributed by atoms with E-state index in [1.54, 1.807) is 0 Å². The van der Waals surface area contributed by atoms with E-state index in [0.717, 1.165) is 7.05 Å². The lowest BCUT2D eigenvalue weighted by Gasteiger charge is -2.21. The standard InChI is InChI=1S/C19H23F6N5O11S/c1-29(17(37)19(23,24)25)8-12(32)26-5-3-2-4-9(28-11(31)7-27-16(36)18(20,21)22)15(35)41-30-13(33)6-10(14(30)34)42(38,39)40/h9-10H,2-8H2,1H3,(H,26,32)(H,27,36)(H,28,31)(H,38,39,40). The van der Waals surface area contributed by atoms with Crippen molar-refractivity contribution in [2.24, 2.45) is 0 Å². The molecule has 1 aliphatic rings. The van der Waals surface area contributed by atoms with Crippen LogP contribution < -0.4 is 16.0 Å². The number of carbonyl (C=O) groups excluding carboxylic acids is 7. The first-order valence-corrected chi connectivity index (χ1v) is 12.8. The summed E-state index contributed by atoms with van der Waals surface area (Å²) in [5, 5.41) is 2.65. The molecule has 16 nitrogen and oxygen atoms in total. The molecule has 1 rings (SSSR count). The lowest BCUT2D eigenvalue weighted by atomic mass is 10.1. The van der Waals surface area contributed by atoms with Crippen molar-refractivity contribution in [3.05, 3.63) is 0 Å². The van der Waals surface area contributed by atoms with Crippen LogP contribution in [-0.2, 0) is 48.5 Å². The normalized spacial score (nSPS) is 16.5. The van der Waals surface area contributed by atoms with Crippen molar-refractivity contribution in [3.63, 3.8) is 0 Å². The fourth-order valence-corrected chi connectivity index (χ4v) is 3.78. The van der Waals surface area contributed by atoms with Crippen molar-refractivity contribution in [1.82, 2.24) is 25.9 Å². The van der Waals surface area contributed by atoms with Gasteiger partial charge in [-0.2, -0.15) is 34.8 Å². The molecule has 2 unspecified atom stereocenters. The first-order valence-electron chi connectivity index (χ1n) is 11.3. The first kappa shape index (κ1) is 36.0. The third kappa shape index (κ3) is 11.1. The third-order valence-corrected chi connectivity index (χ3v) is 6.19. The van der Waals surface area contributed by atoms with Gasteiger partial charge in [-0.05, 0) is 19.3 Å². The van der Waals surface area contributed by atoms with Gasteiger partial charge in [0.25, 0.3) is 21.9 Å². The van der Waals surface area contributed by atoms with Gasteiger partial charge in [-0.15, -0.1) is 5.06 Å². The average molecular weight is 643 g/mol. The zero-order chi connectivity index (χ0) is 32.6. The Hall–Kier alpha value is -4.02. The molecule has 0 saturated carbocycles. The van der Waals surface area contributed by atoms with Gasteiger partial charge < -0.3 is 25.7 Å². The number of carbonyl (C=O) groups is 7. The number of unbranched alkanes of at least 4 members (excludes halogenated alkanes) is 1. The maximum absolute atomic E-state index is 12.6. The molecule has 42 heavy (non-hydrogen) atoms. The summed E-state index contributed by atoms with van der Waals surface area (Å²) in [6.45, 7) is -2.51. The van der Waals surface area contributed by atoms with E-state index in [9.17, 15) is 68.3 Å². The Kier molecular flexibility index (Phi) is 12.2. The summed E-state index contributed by atoms with van der Waals surface area (Å²) in [4.78, 5) is 86.9. The molecule has 23 heteroatoms. The molecule has 0 aromatic rings. The maximum Gasteiger partial charge on any atom is 0.471 e. The Morgan fingerprint density at radius 1 is 1.02 bits per heavy atom. The maximum atomic E-state index is 12.6. The van der Waals surface area contributed by atoms with Crippen LogP contribution in [0.5, 0.6) is 0 Å². The van der Waals surface area contributed by atoms with Crippen molar-refractivity contribution < 1.29 is 77.7 Å². The second-order valence-corrected chi connectivity index (χ2v) is 10.0. The first-order chi connectivity index (χ1) is 19.1. The molecule has 4 N–H and O–H groups in total. The van der Waals surface area contributed by atoms with Gasteiger partial charge >= 0.3 is 30.1 Å². The predicted octanol–water partition coefficient (Wildman–Crippen LogP) is -2.07. The number of nitrogens with zero attached hydrogens (tertiary/aromatic N) is 2. The second-order valence-electron chi connectivity index (χ2n) is 8.45. The Morgan fingerprint density at radius 3 is 2.12 bits per heavy atom. The molecular weight excluding hydrogens is 620 g/mol. The minimum absolute atomic E-state index is 0.0560. The fourth-order valence-electron chi connectivity index (χ4n) is 3.08. The number of likely N-dealkylation sites (N-methyl/N-ethyl adjacent to an activating group) is 1. The number of halogens is 6. The fraction of sp³-hybridized carbons (Fsp3) is 0.632. The smallest absolute Gasteiger partial charge is 0.355 e. The number of alkyl halides is 6. The zero-order valence-electron chi connectivity index (χ0n) is 21.2. The minimum Gasteiger partial charge on any atom is -0.355 e. The van der Waals surface area contributed by atoms with E-state index in [-0.39, 0.29) is 29.3 Å². The van der Waals surface area contributed by atoms with Crippen LogP contribution in [0.3, 0.4) is 0 Å². The van der Waals surface area contributed by atoms with Gasteiger partial charge in [-0.25, -0.2) is 4.79 Å². The summed E-state index contributed by atoms with van der Waals surface area (Å²) in [6.07, 6.45) is -12.3. The van der Waals surface area contributed by atoms with E-state index in [2.05, 4.69) is 10.2 Å². The second kappa shape index (κ2) is 14.2. The average Bonchev–Trinajstić information content (AvgIpc) is 3.13. The van der Waals surface area contributed by atoms with Crippen LogP contribution >= 0.6 is 0 Å². The van der Waals surface area contributed by atoms with E-state index in [1.165, 1.54) is 5.32 Å². The topological polar surface area (TPSA) is 226 Å². The Bertz CT molecular complexity index is 1210. The van der Waals surface area contributed by atoms with Crippen LogP contribution in [0.1, 0.15) is 25.7 Å². The Morgan fingerprint density at radius 2 is 1.62 bits per heavy atom. The van der Waals surface area contributed by atoms with Crippen LogP contribution in [0, 0.1) is 0 Å². The van der Waals surface area contributed by atoms with Crippen LogP contribution in [0.2, 0.25) is 0 Å². The van der Waals surface area contributed by atoms with Crippen molar-refractivity contribution >= 4 is 51.5 Å². The summed E-state index contributed by atoms with van der Waals surface area (Å²) in [6, 6.07) is -1.84. The third-order valence-electron chi connectivity index (χ3n) is 5.10. The molecule has 2 atom stereocenters. The summed E-state index contributed by atoms with van der Waals surface area (Å²) in [5.41, 5.74) is 0. The highest BCUT2D eigenvalue weighted by Gasteiger charge is 2.49. The van der Waals surface area contributed by atoms with Crippen molar-refractivity contribution in [2.75, 3.05) is 26.7 Å². The molecule has 0 bridgehead atoms. The molecule has 1 heterocycles. The molecule has 6 amide bonds. The van der Waals surface area contributed by atoms with Crippen molar-refractivity contribution in [1.29, 1.82) is 0 Å². The van der Waals surface area contributed by atoms with E-state index < -0.39 is 101 Å². The minimum atomic E-state index is -5.35. The predicted molar refractivity (Wildman–Crippen MR) is 119 cm³/mol. The number of rotatable bonds is 13. The zero-order valence-corrected chi connectivity index (χ0v) is 22.0. The van der Waals surface area contributed by atoms with Crippen molar-refractivity contribution in [2.45, 2.75) is 49.3 Å². The van der Waals surface area contributed by atoms with Gasteiger partial charge in [-0.1, -0.05) is 0 Å². The van der Waals surface area contributed by atoms with Crippen LogP contribution in [0.4, 0.5) is 26.3 Å². The lowest BCUT2D eigenvalue weighted by molar-refractivity contribution is -0.199.